The van der Waals surface area contributed by atoms with Crippen LogP contribution in [-0.4, -0.2) is 5.88 Å². The van der Waals surface area contributed by atoms with E-state index in [1.807, 2.05) is 6.08 Å². The highest BCUT2D eigenvalue weighted by Crippen LogP contribution is 2.26. The van der Waals surface area contributed by atoms with Gasteiger partial charge in [-0.1, -0.05) is 13.0 Å². The van der Waals surface area contributed by atoms with Crippen molar-refractivity contribution in [1.82, 2.24) is 0 Å². The van der Waals surface area contributed by atoms with Crippen molar-refractivity contribution < 1.29 is 0 Å². The van der Waals surface area contributed by atoms with Crippen molar-refractivity contribution in [3.63, 3.8) is 0 Å². The second-order valence-electron chi connectivity index (χ2n) is 3.30. The zero-order valence-corrected chi connectivity index (χ0v) is 8.79. The van der Waals surface area contributed by atoms with Crippen molar-refractivity contribution in [1.29, 1.82) is 0 Å². The topological polar surface area (TPSA) is 0 Å². The van der Waals surface area contributed by atoms with Gasteiger partial charge >= 0.3 is 0 Å². The van der Waals surface area contributed by atoms with Crippen molar-refractivity contribution in [2.75, 3.05) is 5.88 Å². The second-order valence-corrected chi connectivity index (χ2v) is 4.35. The van der Waals surface area contributed by atoms with E-state index in [2.05, 4.69) is 30.3 Å². The normalized spacial score (nSPS) is 15.5. The van der Waals surface area contributed by atoms with Crippen molar-refractivity contribution in [2.24, 2.45) is 5.41 Å². The Morgan fingerprint density at radius 1 is 1.75 bits per heavy atom. The van der Waals surface area contributed by atoms with Gasteiger partial charge in [0, 0.05) is 11.3 Å². The van der Waals surface area contributed by atoms with Crippen molar-refractivity contribution >= 4 is 22.9 Å². The number of halogens is 1. The lowest BCUT2D eigenvalue weighted by Crippen LogP contribution is -2.17. The molecule has 0 fully saturated rings. The molecule has 0 bridgehead atoms. The summed E-state index contributed by atoms with van der Waals surface area (Å²) in [7, 11) is 0. The molecule has 0 aliphatic carbocycles. The minimum absolute atomic E-state index is 0.0443. The Balaban J connectivity index is 2.66. The standard InChI is InChI=1S/C10H13ClS/c1-3-10(2,8-11)6-9-4-5-12-7-9/h3-5,7H,1,6,8H2,2H3. The van der Waals surface area contributed by atoms with Gasteiger partial charge in [-0.2, -0.15) is 11.3 Å². The van der Waals surface area contributed by atoms with E-state index in [1.165, 1.54) is 5.56 Å². The quantitative estimate of drug-likeness (QED) is 0.514. The number of hydrogen-bond acceptors (Lipinski definition) is 1. The molecule has 0 amide bonds. The molecular formula is C10H13ClS. The van der Waals surface area contributed by atoms with Crippen LogP contribution in [0.4, 0.5) is 0 Å². The van der Waals surface area contributed by atoms with Gasteiger partial charge in [0.1, 0.15) is 0 Å². The molecule has 0 aromatic carbocycles. The molecule has 0 saturated heterocycles. The molecule has 1 unspecified atom stereocenters. The van der Waals surface area contributed by atoms with Crippen LogP contribution in [0.5, 0.6) is 0 Å². The average molecular weight is 201 g/mol. The summed E-state index contributed by atoms with van der Waals surface area (Å²) in [5.74, 6) is 0.631. The van der Waals surface area contributed by atoms with Crippen LogP contribution in [0.25, 0.3) is 0 Å². The third kappa shape index (κ3) is 2.36. The molecule has 1 aromatic rings. The summed E-state index contributed by atoms with van der Waals surface area (Å²) in [6.45, 7) is 5.93. The van der Waals surface area contributed by atoms with E-state index in [0.717, 1.165) is 6.42 Å². The van der Waals surface area contributed by atoms with E-state index < -0.39 is 0 Å². The molecule has 2 heteroatoms. The summed E-state index contributed by atoms with van der Waals surface area (Å²) < 4.78 is 0. The van der Waals surface area contributed by atoms with Gasteiger partial charge in [-0.05, 0) is 28.8 Å². The van der Waals surface area contributed by atoms with Crippen LogP contribution in [-0.2, 0) is 6.42 Å². The van der Waals surface area contributed by atoms with Crippen LogP contribution < -0.4 is 0 Å². The first-order valence-electron chi connectivity index (χ1n) is 3.91. The van der Waals surface area contributed by atoms with Crippen molar-refractivity contribution in [3.05, 3.63) is 35.0 Å². The highest BCUT2D eigenvalue weighted by atomic mass is 35.5. The monoisotopic (exact) mass is 200 g/mol. The lowest BCUT2D eigenvalue weighted by atomic mass is 9.87. The van der Waals surface area contributed by atoms with E-state index in [1.54, 1.807) is 11.3 Å². The summed E-state index contributed by atoms with van der Waals surface area (Å²) in [5, 5.41) is 4.25. The van der Waals surface area contributed by atoms with Gasteiger partial charge in [-0.25, -0.2) is 0 Å². The third-order valence-corrected chi connectivity index (χ3v) is 3.33. The summed E-state index contributed by atoms with van der Waals surface area (Å²) in [6, 6.07) is 2.14. The minimum Gasteiger partial charge on any atom is -0.152 e. The van der Waals surface area contributed by atoms with Crippen LogP contribution in [0.2, 0.25) is 0 Å². The van der Waals surface area contributed by atoms with Crippen molar-refractivity contribution in [2.45, 2.75) is 13.3 Å². The predicted molar refractivity (Wildman–Crippen MR) is 57.0 cm³/mol. The van der Waals surface area contributed by atoms with E-state index >= 15 is 0 Å². The minimum atomic E-state index is 0.0443. The maximum absolute atomic E-state index is 5.86. The Kier molecular flexibility index (Phi) is 3.36. The molecule has 0 N–H and O–H groups in total. The fraction of sp³-hybridized carbons (Fsp3) is 0.400. The van der Waals surface area contributed by atoms with E-state index in [9.17, 15) is 0 Å². The van der Waals surface area contributed by atoms with Gasteiger partial charge in [0.2, 0.25) is 0 Å². The van der Waals surface area contributed by atoms with E-state index in [4.69, 9.17) is 11.6 Å². The summed E-state index contributed by atoms with van der Waals surface area (Å²) >= 11 is 7.58. The SMILES string of the molecule is C=CC(C)(CCl)Cc1ccsc1. The highest BCUT2D eigenvalue weighted by molar-refractivity contribution is 7.07. The van der Waals surface area contributed by atoms with Crippen LogP contribution in [0, 0.1) is 5.41 Å². The van der Waals surface area contributed by atoms with Crippen molar-refractivity contribution in [3.8, 4) is 0 Å². The molecule has 0 spiro atoms. The van der Waals surface area contributed by atoms with E-state index in [0.29, 0.717) is 5.88 Å². The lowest BCUT2D eigenvalue weighted by molar-refractivity contribution is 0.487. The Morgan fingerprint density at radius 3 is 2.92 bits per heavy atom. The molecule has 1 rings (SSSR count). The molecule has 1 atom stereocenters. The molecule has 12 heavy (non-hydrogen) atoms. The second kappa shape index (κ2) is 4.11. The number of thiophene rings is 1. The molecule has 0 radical (unpaired) electrons. The van der Waals surface area contributed by atoms with Crippen LogP contribution in [0.15, 0.2) is 29.5 Å². The lowest BCUT2D eigenvalue weighted by Gasteiger charge is -2.21. The molecule has 1 aromatic heterocycles. The molecule has 1 heterocycles. The fourth-order valence-corrected chi connectivity index (χ4v) is 1.91. The van der Waals surface area contributed by atoms with E-state index in [-0.39, 0.29) is 5.41 Å². The molecule has 66 valence electrons. The number of alkyl halides is 1. The van der Waals surface area contributed by atoms with Crippen LogP contribution in [0.3, 0.4) is 0 Å². The first kappa shape index (κ1) is 9.82. The summed E-state index contributed by atoms with van der Waals surface area (Å²) in [5.41, 5.74) is 1.39. The molecular weight excluding hydrogens is 188 g/mol. The number of allylic oxidation sites excluding steroid dienone is 1. The molecule has 0 aliphatic heterocycles. The summed E-state index contributed by atoms with van der Waals surface area (Å²) in [6.07, 6.45) is 2.93. The van der Waals surface area contributed by atoms with Gasteiger partial charge in [0.15, 0.2) is 0 Å². The number of hydrogen-bond donors (Lipinski definition) is 0. The Hall–Kier alpha value is -0.270. The van der Waals surface area contributed by atoms with Gasteiger partial charge in [0.05, 0.1) is 0 Å². The van der Waals surface area contributed by atoms with Crippen LogP contribution in [0.1, 0.15) is 12.5 Å². The van der Waals surface area contributed by atoms with Gasteiger partial charge in [0.25, 0.3) is 0 Å². The highest BCUT2D eigenvalue weighted by Gasteiger charge is 2.19. The van der Waals surface area contributed by atoms with Gasteiger partial charge in [-0.3, -0.25) is 0 Å². The Morgan fingerprint density at radius 2 is 2.50 bits per heavy atom. The Bertz CT molecular complexity index is 240. The molecule has 0 aliphatic rings. The number of rotatable bonds is 4. The smallest absolute Gasteiger partial charge is 0.0315 e. The maximum Gasteiger partial charge on any atom is 0.0315 e. The summed E-state index contributed by atoms with van der Waals surface area (Å²) in [4.78, 5) is 0. The van der Waals surface area contributed by atoms with Gasteiger partial charge < -0.3 is 0 Å². The average Bonchev–Trinajstić information content (AvgIpc) is 2.57. The Labute approximate surface area is 82.9 Å². The largest absolute Gasteiger partial charge is 0.152 e. The zero-order chi connectivity index (χ0) is 9.03. The maximum atomic E-state index is 5.86. The van der Waals surface area contributed by atoms with Gasteiger partial charge in [-0.15, -0.1) is 18.2 Å². The van der Waals surface area contributed by atoms with Crippen LogP contribution >= 0.6 is 22.9 Å². The molecule has 0 nitrogen and oxygen atoms in total. The third-order valence-electron chi connectivity index (χ3n) is 1.99. The molecule has 0 saturated carbocycles. The predicted octanol–water partition coefficient (Wildman–Crippen LogP) is 3.72. The first-order valence-corrected chi connectivity index (χ1v) is 5.38. The zero-order valence-electron chi connectivity index (χ0n) is 7.22. The first-order chi connectivity index (χ1) is 5.70. The fourth-order valence-electron chi connectivity index (χ4n) is 1.03.